The molecule has 1 saturated heterocycles. The van der Waals surface area contributed by atoms with Crippen LogP contribution in [0.1, 0.15) is 32.2 Å². The molecular formula is C15H25N3O2. The Hall–Kier alpha value is -1.36. The summed E-state index contributed by atoms with van der Waals surface area (Å²) in [5, 5.41) is 4.58. The van der Waals surface area contributed by atoms with Gasteiger partial charge >= 0.3 is 5.97 Å². The van der Waals surface area contributed by atoms with E-state index in [0.29, 0.717) is 5.92 Å². The highest BCUT2D eigenvalue weighted by molar-refractivity contribution is 5.73. The van der Waals surface area contributed by atoms with Gasteiger partial charge in [0.15, 0.2) is 0 Å². The first-order valence-corrected chi connectivity index (χ1v) is 7.44. The molecule has 0 amide bonds. The Kier molecular flexibility index (Phi) is 4.81. The molecule has 2 unspecified atom stereocenters. The summed E-state index contributed by atoms with van der Waals surface area (Å²) in [5.41, 5.74) is 2.38. The van der Waals surface area contributed by atoms with Crippen LogP contribution in [0, 0.1) is 11.8 Å². The van der Waals surface area contributed by atoms with Crippen molar-refractivity contribution < 1.29 is 9.53 Å². The minimum Gasteiger partial charge on any atom is -0.469 e. The zero-order valence-electron chi connectivity index (χ0n) is 12.9. The van der Waals surface area contributed by atoms with Gasteiger partial charge in [-0.1, -0.05) is 13.8 Å². The Morgan fingerprint density at radius 2 is 2.20 bits per heavy atom. The Morgan fingerprint density at radius 3 is 2.80 bits per heavy atom. The lowest BCUT2D eigenvalue weighted by Gasteiger charge is -2.15. The SMILES string of the molecule is CCc1cc(CN2CC(C)C(C(=O)OC)C2)n(CC)n1. The van der Waals surface area contributed by atoms with Crippen LogP contribution in [0.25, 0.3) is 0 Å². The van der Waals surface area contributed by atoms with Crippen molar-refractivity contribution in [2.45, 2.75) is 40.3 Å². The molecule has 0 aliphatic carbocycles. The van der Waals surface area contributed by atoms with Crippen LogP contribution in [-0.4, -0.2) is 40.8 Å². The number of likely N-dealkylation sites (tertiary alicyclic amines) is 1. The molecule has 0 spiro atoms. The fourth-order valence-corrected chi connectivity index (χ4v) is 2.97. The number of rotatable bonds is 5. The van der Waals surface area contributed by atoms with Crippen LogP contribution >= 0.6 is 0 Å². The van der Waals surface area contributed by atoms with Gasteiger partial charge in [-0.05, 0) is 25.3 Å². The summed E-state index contributed by atoms with van der Waals surface area (Å²) < 4.78 is 6.95. The second-order valence-corrected chi connectivity index (χ2v) is 5.60. The average Bonchev–Trinajstić information content (AvgIpc) is 3.01. The number of hydrogen-bond donors (Lipinski definition) is 0. The van der Waals surface area contributed by atoms with Crippen LogP contribution in [0.4, 0.5) is 0 Å². The molecule has 1 aliphatic rings. The Labute approximate surface area is 120 Å². The summed E-state index contributed by atoms with van der Waals surface area (Å²) in [4.78, 5) is 14.1. The maximum Gasteiger partial charge on any atom is 0.310 e. The van der Waals surface area contributed by atoms with E-state index in [1.165, 1.54) is 12.8 Å². The third-order valence-electron chi connectivity index (χ3n) is 4.15. The summed E-state index contributed by atoms with van der Waals surface area (Å²) >= 11 is 0. The second kappa shape index (κ2) is 6.39. The Bertz CT molecular complexity index is 470. The highest BCUT2D eigenvalue weighted by atomic mass is 16.5. The Morgan fingerprint density at radius 1 is 1.45 bits per heavy atom. The van der Waals surface area contributed by atoms with Crippen LogP contribution in [0.3, 0.4) is 0 Å². The predicted octanol–water partition coefficient (Wildman–Crippen LogP) is 1.71. The lowest BCUT2D eigenvalue weighted by Crippen LogP contribution is -2.25. The number of esters is 1. The van der Waals surface area contributed by atoms with E-state index in [0.717, 1.165) is 38.3 Å². The number of aromatic nitrogens is 2. The summed E-state index contributed by atoms with van der Waals surface area (Å²) in [5.74, 6) is 0.271. The number of aryl methyl sites for hydroxylation is 2. The lowest BCUT2D eigenvalue weighted by atomic mass is 9.99. The first-order valence-electron chi connectivity index (χ1n) is 7.44. The van der Waals surface area contributed by atoms with Crippen molar-refractivity contribution in [2.24, 2.45) is 11.8 Å². The number of carbonyl (C=O) groups excluding carboxylic acids is 1. The van der Waals surface area contributed by atoms with Gasteiger partial charge in [0.1, 0.15) is 0 Å². The number of hydrogen-bond acceptors (Lipinski definition) is 4. The summed E-state index contributed by atoms with van der Waals surface area (Å²) in [6.07, 6.45) is 0.960. The molecule has 20 heavy (non-hydrogen) atoms. The lowest BCUT2D eigenvalue weighted by molar-refractivity contribution is -0.146. The van der Waals surface area contributed by atoms with Gasteiger partial charge < -0.3 is 4.74 Å². The van der Waals surface area contributed by atoms with Crippen LogP contribution in [0.2, 0.25) is 0 Å². The first kappa shape index (κ1) is 15.0. The highest BCUT2D eigenvalue weighted by Gasteiger charge is 2.35. The van der Waals surface area contributed by atoms with Gasteiger partial charge in [0, 0.05) is 26.2 Å². The minimum atomic E-state index is -0.0850. The molecule has 1 aromatic heterocycles. The number of ether oxygens (including phenoxy) is 1. The van der Waals surface area contributed by atoms with Crippen molar-refractivity contribution in [1.82, 2.24) is 14.7 Å². The van der Waals surface area contributed by atoms with Crippen LogP contribution in [0.15, 0.2) is 6.07 Å². The number of nitrogens with zero attached hydrogens (tertiary/aromatic N) is 3. The van der Waals surface area contributed by atoms with E-state index in [-0.39, 0.29) is 11.9 Å². The number of methoxy groups -OCH3 is 1. The molecule has 2 atom stereocenters. The molecule has 0 aromatic carbocycles. The summed E-state index contributed by atoms with van der Waals surface area (Å²) in [6.45, 7) is 9.82. The first-order chi connectivity index (χ1) is 9.58. The van der Waals surface area contributed by atoms with Gasteiger partial charge in [0.25, 0.3) is 0 Å². The molecular weight excluding hydrogens is 254 g/mol. The molecule has 2 heterocycles. The van der Waals surface area contributed by atoms with E-state index >= 15 is 0 Å². The highest BCUT2D eigenvalue weighted by Crippen LogP contribution is 2.25. The van der Waals surface area contributed by atoms with Crippen LogP contribution in [-0.2, 0) is 29.0 Å². The van der Waals surface area contributed by atoms with Gasteiger partial charge in [-0.3, -0.25) is 14.4 Å². The third-order valence-corrected chi connectivity index (χ3v) is 4.15. The van der Waals surface area contributed by atoms with Gasteiger partial charge in [0.05, 0.1) is 24.4 Å². The van der Waals surface area contributed by atoms with Crippen molar-refractivity contribution in [3.05, 3.63) is 17.5 Å². The van der Waals surface area contributed by atoms with Crippen LogP contribution < -0.4 is 0 Å². The normalized spacial score (nSPS) is 23.2. The second-order valence-electron chi connectivity index (χ2n) is 5.60. The van der Waals surface area contributed by atoms with E-state index in [9.17, 15) is 4.79 Å². The molecule has 1 fully saturated rings. The van der Waals surface area contributed by atoms with E-state index in [2.05, 4.69) is 41.5 Å². The minimum absolute atomic E-state index is 0.00337. The van der Waals surface area contributed by atoms with Crippen LogP contribution in [0.5, 0.6) is 0 Å². The molecule has 0 N–H and O–H groups in total. The fourth-order valence-electron chi connectivity index (χ4n) is 2.97. The van der Waals surface area contributed by atoms with Crippen molar-refractivity contribution in [2.75, 3.05) is 20.2 Å². The average molecular weight is 279 g/mol. The zero-order chi connectivity index (χ0) is 14.7. The molecule has 0 bridgehead atoms. The van der Waals surface area contributed by atoms with Gasteiger partial charge in [-0.25, -0.2) is 0 Å². The van der Waals surface area contributed by atoms with E-state index in [1.807, 2.05) is 0 Å². The predicted molar refractivity (Wildman–Crippen MR) is 77.2 cm³/mol. The third kappa shape index (κ3) is 3.03. The molecule has 2 rings (SSSR count). The van der Waals surface area contributed by atoms with E-state index < -0.39 is 0 Å². The monoisotopic (exact) mass is 279 g/mol. The maximum absolute atomic E-state index is 11.7. The number of carbonyl (C=O) groups is 1. The standard InChI is InChI=1S/C15H25N3O2/c1-5-12-7-13(18(6-2)16-12)9-17-8-11(3)14(10-17)15(19)20-4/h7,11,14H,5-6,8-10H2,1-4H3. The van der Waals surface area contributed by atoms with Crippen molar-refractivity contribution >= 4 is 5.97 Å². The molecule has 1 aliphatic heterocycles. The largest absolute Gasteiger partial charge is 0.469 e. The van der Waals surface area contributed by atoms with E-state index in [4.69, 9.17) is 4.74 Å². The smallest absolute Gasteiger partial charge is 0.310 e. The molecule has 5 heteroatoms. The van der Waals surface area contributed by atoms with E-state index in [1.54, 1.807) is 0 Å². The van der Waals surface area contributed by atoms with Gasteiger partial charge in [0.2, 0.25) is 0 Å². The quantitative estimate of drug-likeness (QED) is 0.770. The van der Waals surface area contributed by atoms with Gasteiger partial charge in [-0.2, -0.15) is 5.10 Å². The molecule has 112 valence electrons. The summed E-state index contributed by atoms with van der Waals surface area (Å²) in [7, 11) is 1.47. The topological polar surface area (TPSA) is 47.4 Å². The zero-order valence-corrected chi connectivity index (χ0v) is 12.9. The molecule has 5 nitrogen and oxygen atoms in total. The molecule has 0 saturated carbocycles. The Balaban J connectivity index is 2.04. The van der Waals surface area contributed by atoms with Crippen molar-refractivity contribution in [1.29, 1.82) is 0 Å². The molecule has 0 radical (unpaired) electrons. The summed E-state index contributed by atoms with van der Waals surface area (Å²) in [6, 6.07) is 2.18. The van der Waals surface area contributed by atoms with Gasteiger partial charge in [-0.15, -0.1) is 0 Å². The fraction of sp³-hybridized carbons (Fsp3) is 0.733. The molecule has 1 aromatic rings. The maximum atomic E-state index is 11.7. The van der Waals surface area contributed by atoms with Crippen molar-refractivity contribution in [3.63, 3.8) is 0 Å². The van der Waals surface area contributed by atoms with Crippen molar-refractivity contribution in [3.8, 4) is 0 Å².